The van der Waals surface area contributed by atoms with Crippen molar-refractivity contribution < 1.29 is 8.42 Å². The molecule has 1 N–H and O–H groups in total. The monoisotopic (exact) mass is 293 g/mol. The van der Waals surface area contributed by atoms with Gasteiger partial charge in [0.1, 0.15) is 0 Å². The van der Waals surface area contributed by atoms with Gasteiger partial charge in [0.25, 0.3) is 0 Å². The third kappa shape index (κ3) is 3.91. The molecule has 0 saturated heterocycles. The molecule has 0 spiro atoms. The first-order valence-electron chi connectivity index (χ1n) is 6.61. The van der Waals surface area contributed by atoms with Crippen LogP contribution in [0.4, 0.5) is 0 Å². The highest BCUT2D eigenvalue weighted by Gasteiger charge is 2.07. The first-order valence-corrected chi connectivity index (χ1v) is 8.43. The Labute approximate surface area is 119 Å². The lowest BCUT2D eigenvalue weighted by molar-refractivity contribution is 0.591. The van der Waals surface area contributed by atoms with Crippen LogP contribution < -0.4 is 5.32 Å². The van der Waals surface area contributed by atoms with Crippen molar-refractivity contribution in [3.05, 3.63) is 48.3 Å². The van der Waals surface area contributed by atoms with Crippen molar-refractivity contribution in [3.8, 4) is 5.69 Å². The van der Waals surface area contributed by atoms with Crippen LogP contribution in [-0.2, 0) is 16.4 Å². The summed E-state index contributed by atoms with van der Waals surface area (Å²) in [5.41, 5.74) is 2.09. The Morgan fingerprint density at radius 1 is 1.25 bits per heavy atom. The summed E-state index contributed by atoms with van der Waals surface area (Å²) in [5, 5.41) is 7.40. The second kappa shape index (κ2) is 6.67. The molecule has 108 valence electrons. The third-order valence-electron chi connectivity index (χ3n) is 3.09. The standard InChI is InChI=1S/C14H19N3O2S/c1-2-20(18,19)11-9-15-12-13-6-3-4-7-14(13)17-10-5-8-16-17/h3-8,10,15H,2,9,11-12H2,1H3. The van der Waals surface area contributed by atoms with E-state index in [9.17, 15) is 8.42 Å². The second-order valence-electron chi connectivity index (χ2n) is 4.49. The minimum atomic E-state index is -2.91. The molecule has 0 aliphatic rings. The number of aromatic nitrogens is 2. The maximum Gasteiger partial charge on any atom is 0.151 e. The van der Waals surface area contributed by atoms with Gasteiger partial charge in [0, 0.05) is 31.2 Å². The Morgan fingerprint density at radius 3 is 2.75 bits per heavy atom. The molecule has 1 heterocycles. The fourth-order valence-corrected chi connectivity index (χ4v) is 2.63. The number of para-hydroxylation sites is 1. The van der Waals surface area contributed by atoms with Crippen LogP contribution in [0.1, 0.15) is 12.5 Å². The predicted molar refractivity (Wildman–Crippen MR) is 79.6 cm³/mol. The van der Waals surface area contributed by atoms with Crippen molar-refractivity contribution in [2.75, 3.05) is 18.1 Å². The second-order valence-corrected chi connectivity index (χ2v) is 6.97. The molecule has 0 fully saturated rings. The SMILES string of the molecule is CCS(=O)(=O)CCNCc1ccccc1-n1cccn1. The molecular formula is C14H19N3O2S. The van der Waals surface area contributed by atoms with E-state index in [1.807, 2.05) is 36.5 Å². The van der Waals surface area contributed by atoms with Gasteiger partial charge in [-0.15, -0.1) is 0 Å². The number of sulfone groups is 1. The summed E-state index contributed by atoms with van der Waals surface area (Å²) in [7, 11) is -2.91. The summed E-state index contributed by atoms with van der Waals surface area (Å²) >= 11 is 0. The van der Waals surface area contributed by atoms with Gasteiger partial charge in [0.05, 0.1) is 11.4 Å². The average molecular weight is 293 g/mol. The first-order chi connectivity index (χ1) is 9.62. The summed E-state index contributed by atoms with van der Waals surface area (Å²) in [5.74, 6) is 0.367. The molecule has 6 heteroatoms. The minimum absolute atomic E-state index is 0.174. The number of hydrogen-bond acceptors (Lipinski definition) is 4. The van der Waals surface area contributed by atoms with Crippen LogP contribution in [0.2, 0.25) is 0 Å². The Bertz CT molecular complexity index is 636. The molecule has 0 radical (unpaired) electrons. The molecule has 5 nitrogen and oxygen atoms in total. The molecule has 1 aromatic heterocycles. The van der Waals surface area contributed by atoms with Gasteiger partial charge in [-0.2, -0.15) is 5.10 Å². The molecule has 20 heavy (non-hydrogen) atoms. The molecule has 0 atom stereocenters. The van der Waals surface area contributed by atoms with Crippen molar-refractivity contribution >= 4 is 9.84 Å². The van der Waals surface area contributed by atoms with Crippen molar-refractivity contribution in [2.45, 2.75) is 13.5 Å². The fourth-order valence-electron chi connectivity index (χ4n) is 1.89. The van der Waals surface area contributed by atoms with Crippen LogP contribution >= 0.6 is 0 Å². The maximum atomic E-state index is 11.4. The van der Waals surface area contributed by atoms with E-state index in [4.69, 9.17) is 0 Å². The molecule has 0 amide bonds. The van der Waals surface area contributed by atoms with E-state index in [1.54, 1.807) is 17.8 Å². The van der Waals surface area contributed by atoms with Crippen molar-refractivity contribution in [3.63, 3.8) is 0 Å². The molecule has 0 unspecified atom stereocenters. The number of rotatable bonds is 7. The molecule has 1 aromatic carbocycles. The highest BCUT2D eigenvalue weighted by molar-refractivity contribution is 7.91. The normalized spacial score (nSPS) is 11.7. The molecular weight excluding hydrogens is 274 g/mol. The molecule has 0 bridgehead atoms. The number of nitrogens with zero attached hydrogens (tertiary/aromatic N) is 2. The van der Waals surface area contributed by atoms with Crippen LogP contribution in [0.25, 0.3) is 5.69 Å². The molecule has 0 saturated carbocycles. The van der Waals surface area contributed by atoms with Crippen molar-refractivity contribution in [2.24, 2.45) is 0 Å². The quantitative estimate of drug-likeness (QED) is 0.784. The topological polar surface area (TPSA) is 64.0 Å². The lowest BCUT2D eigenvalue weighted by atomic mass is 10.2. The van der Waals surface area contributed by atoms with E-state index in [1.165, 1.54) is 0 Å². The zero-order valence-corrected chi connectivity index (χ0v) is 12.3. The van der Waals surface area contributed by atoms with E-state index in [0.717, 1.165) is 11.3 Å². The molecule has 2 rings (SSSR count). The molecule has 0 aliphatic carbocycles. The lowest BCUT2D eigenvalue weighted by Gasteiger charge is -2.10. The van der Waals surface area contributed by atoms with E-state index in [-0.39, 0.29) is 11.5 Å². The van der Waals surface area contributed by atoms with Gasteiger partial charge in [0.15, 0.2) is 9.84 Å². The minimum Gasteiger partial charge on any atom is -0.312 e. The van der Waals surface area contributed by atoms with Gasteiger partial charge in [-0.25, -0.2) is 13.1 Å². The molecule has 2 aromatic rings. The van der Waals surface area contributed by atoms with Crippen LogP contribution in [0, 0.1) is 0 Å². The Morgan fingerprint density at radius 2 is 2.05 bits per heavy atom. The van der Waals surface area contributed by atoms with Crippen molar-refractivity contribution in [1.29, 1.82) is 0 Å². The third-order valence-corrected chi connectivity index (χ3v) is 4.79. The van der Waals surface area contributed by atoms with E-state index in [0.29, 0.717) is 13.1 Å². The van der Waals surface area contributed by atoms with Crippen molar-refractivity contribution in [1.82, 2.24) is 15.1 Å². The highest BCUT2D eigenvalue weighted by Crippen LogP contribution is 2.12. The van der Waals surface area contributed by atoms with Crippen LogP contribution in [0.3, 0.4) is 0 Å². The van der Waals surface area contributed by atoms with Gasteiger partial charge in [-0.3, -0.25) is 0 Å². The largest absolute Gasteiger partial charge is 0.312 e. The van der Waals surface area contributed by atoms with Crippen LogP contribution in [0.5, 0.6) is 0 Å². The van der Waals surface area contributed by atoms with Gasteiger partial charge in [0.2, 0.25) is 0 Å². The Kier molecular flexibility index (Phi) is 4.92. The van der Waals surface area contributed by atoms with Crippen LogP contribution in [-0.4, -0.2) is 36.2 Å². The van der Waals surface area contributed by atoms with Gasteiger partial charge < -0.3 is 5.32 Å². The summed E-state index contributed by atoms with van der Waals surface area (Å²) in [6.45, 7) is 2.75. The van der Waals surface area contributed by atoms with Gasteiger partial charge >= 0.3 is 0 Å². The van der Waals surface area contributed by atoms with E-state index < -0.39 is 9.84 Å². The Balaban J connectivity index is 1.97. The lowest BCUT2D eigenvalue weighted by Crippen LogP contribution is -2.24. The van der Waals surface area contributed by atoms with Gasteiger partial charge in [-0.1, -0.05) is 25.1 Å². The fraction of sp³-hybridized carbons (Fsp3) is 0.357. The predicted octanol–water partition coefficient (Wildman–Crippen LogP) is 1.40. The summed E-state index contributed by atoms with van der Waals surface area (Å²) in [6, 6.07) is 9.80. The van der Waals surface area contributed by atoms with Gasteiger partial charge in [-0.05, 0) is 17.7 Å². The summed E-state index contributed by atoms with van der Waals surface area (Å²) in [4.78, 5) is 0. The van der Waals surface area contributed by atoms with Crippen LogP contribution in [0.15, 0.2) is 42.7 Å². The Hall–Kier alpha value is -1.66. The molecule has 0 aliphatic heterocycles. The average Bonchev–Trinajstić information content (AvgIpc) is 2.98. The summed E-state index contributed by atoms with van der Waals surface area (Å²) in [6.07, 6.45) is 3.62. The van der Waals surface area contributed by atoms with E-state index >= 15 is 0 Å². The smallest absolute Gasteiger partial charge is 0.151 e. The van der Waals surface area contributed by atoms with E-state index in [2.05, 4.69) is 10.4 Å². The zero-order chi connectivity index (χ0) is 14.4. The maximum absolute atomic E-state index is 11.4. The highest BCUT2D eigenvalue weighted by atomic mass is 32.2. The first kappa shape index (κ1) is 14.7. The zero-order valence-electron chi connectivity index (χ0n) is 11.5. The number of hydrogen-bond donors (Lipinski definition) is 1. The number of nitrogens with one attached hydrogen (secondary N) is 1. The summed E-state index contributed by atoms with van der Waals surface area (Å²) < 4.78 is 24.6. The number of benzene rings is 1.